The van der Waals surface area contributed by atoms with E-state index in [2.05, 4.69) is 15.6 Å². The van der Waals surface area contributed by atoms with Gasteiger partial charge in [0, 0.05) is 47.1 Å². The van der Waals surface area contributed by atoms with Crippen LogP contribution in [0.15, 0.2) is 78.0 Å². The van der Waals surface area contributed by atoms with Crippen LogP contribution >= 0.6 is 11.6 Å². The van der Waals surface area contributed by atoms with Crippen molar-refractivity contribution < 1.29 is 22.3 Å². The molecular weight excluding hydrogens is 531 g/mol. The molecule has 0 unspecified atom stereocenters. The van der Waals surface area contributed by atoms with Crippen LogP contribution in [-0.4, -0.2) is 32.5 Å². The van der Waals surface area contributed by atoms with Gasteiger partial charge < -0.3 is 15.4 Å². The summed E-state index contributed by atoms with van der Waals surface area (Å²) in [5.41, 5.74) is 0.615. The Morgan fingerprint density at radius 3 is 2.74 bits per heavy atom. The first kappa shape index (κ1) is 26.1. The van der Waals surface area contributed by atoms with E-state index in [9.17, 15) is 17.6 Å². The molecule has 0 saturated heterocycles. The van der Waals surface area contributed by atoms with Gasteiger partial charge in [-0.25, -0.2) is 17.9 Å². The monoisotopic (exact) mass is 554 g/mol. The van der Waals surface area contributed by atoms with Gasteiger partial charge in [-0.2, -0.15) is 0 Å². The zero-order valence-electron chi connectivity index (χ0n) is 20.1. The first-order valence-electron chi connectivity index (χ1n) is 11.8. The normalized spacial score (nSPS) is 17.0. The minimum absolute atomic E-state index is 0.170. The number of halogens is 2. The van der Waals surface area contributed by atoms with Crippen molar-refractivity contribution in [3.05, 3.63) is 95.0 Å². The fraction of sp³-hybridized carbons (Fsp3) is 0.185. The van der Waals surface area contributed by atoms with Gasteiger partial charge in [-0.1, -0.05) is 41.9 Å². The summed E-state index contributed by atoms with van der Waals surface area (Å²) in [5, 5.41) is 13.5. The lowest BCUT2D eigenvalue weighted by molar-refractivity contribution is -0.122. The van der Waals surface area contributed by atoms with E-state index < -0.39 is 26.2 Å². The number of amides is 1. The van der Waals surface area contributed by atoms with E-state index >= 15 is 0 Å². The number of nitrogens with two attached hydrogens (primary N) is 1. The zero-order chi connectivity index (χ0) is 26.9. The number of ether oxygens (including phenoxy) is 1. The van der Waals surface area contributed by atoms with E-state index in [0.29, 0.717) is 40.6 Å². The third-order valence-electron chi connectivity index (χ3n) is 6.65. The molecule has 0 fully saturated rings. The number of benzene rings is 3. The standard InChI is InChI=1S/C27H24ClFN4O4S/c28-19-6-7-24-21(12-19)27(9-10-37-24,16-32-13-17-5-8-25(22(29)11-17)38(30,35)36)26(34)33-23-15-31-14-18-3-1-2-4-20(18)23/h1-8,11-12,14-15,32H,9-10,13,16H2,(H,33,34)(H2,30,35,36)/t27-/m0/s1. The van der Waals surface area contributed by atoms with Crippen LogP contribution in [0.3, 0.4) is 0 Å². The average Bonchev–Trinajstić information content (AvgIpc) is 2.88. The lowest BCUT2D eigenvalue weighted by Gasteiger charge is -2.38. The minimum Gasteiger partial charge on any atom is -0.493 e. The van der Waals surface area contributed by atoms with Crippen molar-refractivity contribution in [2.75, 3.05) is 18.5 Å². The summed E-state index contributed by atoms with van der Waals surface area (Å²) < 4.78 is 43.2. The second-order valence-corrected chi connectivity index (χ2v) is 11.1. The number of carbonyl (C=O) groups excluding carboxylic acids is 1. The van der Waals surface area contributed by atoms with E-state index in [-0.39, 0.29) is 19.0 Å². The molecule has 1 amide bonds. The van der Waals surface area contributed by atoms with Gasteiger partial charge in [-0.15, -0.1) is 0 Å². The van der Waals surface area contributed by atoms with Crippen LogP contribution in [0, 0.1) is 5.82 Å². The number of nitrogens with one attached hydrogen (secondary N) is 2. The molecule has 8 nitrogen and oxygen atoms in total. The van der Waals surface area contributed by atoms with Crippen LogP contribution in [0.4, 0.5) is 10.1 Å². The second kappa shape index (κ2) is 10.3. The molecule has 4 N–H and O–H groups in total. The first-order valence-corrected chi connectivity index (χ1v) is 13.7. The van der Waals surface area contributed by atoms with Gasteiger partial charge in [0.1, 0.15) is 16.5 Å². The fourth-order valence-corrected chi connectivity index (χ4v) is 5.50. The summed E-state index contributed by atoms with van der Waals surface area (Å²) in [5.74, 6) is -0.658. The van der Waals surface area contributed by atoms with Crippen molar-refractivity contribution in [2.24, 2.45) is 5.14 Å². The Morgan fingerprint density at radius 1 is 1.13 bits per heavy atom. The molecule has 4 aromatic rings. The van der Waals surface area contributed by atoms with Gasteiger partial charge in [-0.05, 0) is 35.9 Å². The Balaban J connectivity index is 1.46. The number of sulfonamides is 1. The Kier molecular flexibility index (Phi) is 7.06. The largest absolute Gasteiger partial charge is 0.493 e. The molecule has 196 valence electrons. The SMILES string of the molecule is NS(=O)(=O)c1ccc(CNC[C@@]2(C(=O)Nc3cncc4ccccc34)CCOc3ccc(Cl)cc32)cc1F. The molecule has 0 spiro atoms. The predicted octanol–water partition coefficient (Wildman–Crippen LogP) is 4.12. The molecule has 0 radical (unpaired) electrons. The molecule has 3 aromatic carbocycles. The Labute approximate surface area is 224 Å². The maximum atomic E-state index is 14.4. The van der Waals surface area contributed by atoms with E-state index in [1.54, 1.807) is 30.6 Å². The first-order chi connectivity index (χ1) is 18.2. The third kappa shape index (κ3) is 5.08. The second-order valence-electron chi connectivity index (χ2n) is 9.10. The highest BCUT2D eigenvalue weighted by atomic mass is 35.5. The van der Waals surface area contributed by atoms with Crippen LogP contribution in [0.2, 0.25) is 5.02 Å². The van der Waals surface area contributed by atoms with Crippen LogP contribution < -0.4 is 20.5 Å². The van der Waals surface area contributed by atoms with Crippen LogP contribution in [0.5, 0.6) is 5.75 Å². The maximum Gasteiger partial charge on any atom is 0.240 e. The lowest BCUT2D eigenvalue weighted by Crippen LogP contribution is -2.50. The Hall–Kier alpha value is -3.57. The van der Waals surface area contributed by atoms with Crippen molar-refractivity contribution >= 4 is 44.0 Å². The van der Waals surface area contributed by atoms with E-state index in [0.717, 1.165) is 22.9 Å². The molecule has 11 heteroatoms. The zero-order valence-corrected chi connectivity index (χ0v) is 21.7. The van der Waals surface area contributed by atoms with Gasteiger partial charge >= 0.3 is 0 Å². The number of hydrogen-bond acceptors (Lipinski definition) is 6. The van der Waals surface area contributed by atoms with Gasteiger partial charge in [0.05, 0.1) is 23.9 Å². The molecular formula is C27H24ClFN4O4S. The Bertz CT molecular complexity index is 1640. The summed E-state index contributed by atoms with van der Waals surface area (Å²) in [7, 11) is -4.17. The number of primary sulfonamides is 1. The summed E-state index contributed by atoms with van der Waals surface area (Å²) in [6, 6.07) is 16.5. The number of rotatable bonds is 7. The molecule has 5 rings (SSSR count). The van der Waals surface area contributed by atoms with Crippen LogP contribution in [0.1, 0.15) is 17.5 Å². The van der Waals surface area contributed by atoms with Gasteiger partial charge in [0.25, 0.3) is 0 Å². The number of hydrogen-bond donors (Lipinski definition) is 3. The van der Waals surface area contributed by atoms with Crippen molar-refractivity contribution in [2.45, 2.75) is 23.3 Å². The highest BCUT2D eigenvalue weighted by molar-refractivity contribution is 7.89. The van der Waals surface area contributed by atoms with Crippen LogP contribution in [0.25, 0.3) is 10.8 Å². The van der Waals surface area contributed by atoms with Crippen molar-refractivity contribution in [1.82, 2.24) is 10.3 Å². The summed E-state index contributed by atoms with van der Waals surface area (Å²) in [6.07, 6.45) is 3.69. The summed E-state index contributed by atoms with van der Waals surface area (Å²) in [6.45, 7) is 0.644. The van der Waals surface area contributed by atoms with Crippen molar-refractivity contribution in [3.63, 3.8) is 0 Å². The third-order valence-corrected chi connectivity index (χ3v) is 7.83. The molecule has 0 saturated carbocycles. The highest BCUT2D eigenvalue weighted by Crippen LogP contribution is 2.41. The number of fused-ring (bicyclic) bond motifs is 2. The fourth-order valence-electron chi connectivity index (χ4n) is 4.74. The summed E-state index contributed by atoms with van der Waals surface area (Å²) >= 11 is 6.33. The topological polar surface area (TPSA) is 123 Å². The molecule has 0 bridgehead atoms. The minimum atomic E-state index is -4.17. The highest BCUT2D eigenvalue weighted by Gasteiger charge is 2.44. The molecule has 38 heavy (non-hydrogen) atoms. The number of anilines is 1. The molecule has 2 heterocycles. The van der Waals surface area contributed by atoms with E-state index in [4.69, 9.17) is 21.5 Å². The maximum absolute atomic E-state index is 14.4. The van der Waals surface area contributed by atoms with E-state index in [1.807, 2.05) is 24.3 Å². The average molecular weight is 555 g/mol. The smallest absolute Gasteiger partial charge is 0.240 e. The Morgan fingerprint density at radius 2 is 1.95 bits per heavy atom. The van der Waals surface area contributed by atoms with Gasteiger partial charge in [0.15, 0.2) is 0 Å². The molecule has 1 aromatic heterocycles. The van der Waals surface area contributed by atoms with Crippen molar-refractivity contribution in [1.29, 1.82) is 0 Å². The molecule has 0 aliphatic carbocycles. The molecule has 1 aliphatic rings. The number of pyridine rings is 1. The van der Waals surface area contributed by atoms with Crippen molar-refractivity contribution in [3.8, 4) is 5.75 Å². The van der Waals surface area contributed by atoms with Crippen LogP contribution in [-0.2, 0) is 26.8 Å². The number of aromatic nitrogens is 1. The van der Waals surface area contributed by atoms with E-state index in [1.165, 1.54) is 6.07 Å². The lowest BCUT2D eigenvalue weighted by atomic mass is 9.74. The molecule has 1 aliphatic heterocycles. The predicted molar refractivity (Wildman–Crippen MR) is 143 cm³/mol. The molecule has 1 atom stereocenters. The quantitative estimate of drug-likeness (QED) is 0.316. The summed E-state index contributed by atoms with van der Waals surface area (Å²) in [4.78, 5) is 17.7. The number of nitrogens with zero attached hydrogens (tertiary/aromatic N) is 1. The van der Waals surface area contributed by atoms with Gasteiger partial charge in [-0.3, -0.25) is 9.78 Å². The number of carbonyl (C=O) groups is 1. The van der Waals surface area contributed by atoms with Gasteiger partial charge in [0.2, 0.25) is 15.9 Å².